The maximum atomic E-state index is 12.8. The lowest BCUT2D eigenvalue weighted by molar-refractivity contribution is -0.153. The van der Waals surface area contributed by atoms with Gasteiger partial charge in [0, 0.05) is 44.4 Å². The summed E-state index contributed by atoms with van der Waals surface area (Å²) in [7, 11) is 3.20. The van der Waals surface area contributed by atoms with Crippen LogP contribution in [0.25, 0.3) is 0 Å². The maximum absolute atomic E-state index is 12.8. The summed E-state index contributed by atoms with van der Waals surface area (Å²) in [5.74, 6) is 1.94. The predicted octanol–water partition coefficient (Wildman–Crippen LogP) is 4.10. The zero-order chi connectivity index (χ0) is 24.9. The van der Waals surface area contributed by atoms with Crippen molar-refractivity contribution < 1.29 is 27.4 Å². The molecule has 2 heterocycles. The molecule has 1 aromatic carbocycles. The molecule has 1 amide bonds. The van der Waals surface area contributed by atoms with Crippen molar-refractivity contribution in [2.24, 2.45) is 0 Å². The zero-order valence-electron chi connectivity index (χ0n) is 20.0. The number of ether oxygens (including phenoxy) is 2. The van der Waals surface area contributed by atoms with Gasteiger partial charge in [0.25, 0.3) is 0 Å². The fourth-order valence-electron chi connectivity index (χ4n) is 4.12. The number of hydrogen-bond acceptors (Lipinski definition) is 6. The summed E-state index contributed by atoms with van der Waals surface area (Å²) in [4.78, 5) is 25.7. The molecule has 186 valence electrons. The SMILES string of the molecule is COc1cc(CCC(=O)N(C)C2CCN(c3cc(C)nc(C)n3)CC2)ccc1OCC(F)(F)F. The highest BCUT2D eigenvalue weighted by atomic mass is 19.4. The summed E-state index contributed by atoms with van der Waals surface area (Å²) in [5.41, 5.74) is 1.73. The highest BCUT2D eigenvalue weighted by molar-refractivity contribution is 5.76. The van der Waals surface area contributed by atoms with Crippen LogP contribution in [0.5, 0.6) is 11.5 Å². The molecule has 0 radical (unpaired) electrons. The molecular formula is C24H31F3N4O3. The topological polar surface area (TPSA) is 67.8 Å². The number of amides is 1. The van der Waals surface area contributed by atoms with Crippen LogP contribution in [-0.2, 0) is 11.2 Å². The monoisotopic (exact) mass is 480 g/mol. The first-order valence-electron chi connectivity index (χ1n) is 11.2. The van der Waals surface area contributed by atoms with E-state index in [1.54, 1.807) is 12.1 Å². The van der Waals surface area contributed by atoms with Crippen LogP contribution in [0.2, 0.25) is 0 Å². The first-order valence-corrected chi connectivity index (χ1v) is 11.2. The van der Waals surface area contributed by atoms with Gasteiger partial charge in [-0.1, -0.05) is 6.07 Å². The molecule has 0 unspecified atom stereocenters. The molecule has 3 rings (SSSR count). The minimum Gasteiger partial charge on any atom is -0.493 e. The smallest absolute Gasteiger partial charge is 0.422 e. The summed E-state index contributed by atoms with van der Waals surface area (Å²) in [6, 6.07) is 6.85. The van der Waals surface area contributed by atoms with Crippen molar-refractivity contribution in [1.29, 1.82) is 0 Å². The van der Waals surface area contributed by atoms with Gasteiger partial charge in [-0.2, -0.15) is 13.2 Å². The number of piperidine rings is 1. The number of nitrogens with zero attached hydrogens (tertiary/aromatic N) is 4. The van der Waals surface area contributed by atoms with Gasteiger partial charge in [-0.25, -0.2) is 9.97 Å². The third-order valence-electron chi connectivity index (χ3n) is 5.93. The molecule has 10 heteroatoms. The van der Waals surface area contributed by atoms with Crippen LogP contribution in [0.3, 0.4) is 0 Å². The molecular weight excluding hydrogens is 449 g/mol. The normalized spacial score (nSPS) is 14.7. The molecule has 7 nitrogen and oxygen atoms in total. The first-order chi connectivity index (χ1) is 16.1. The maximum Gasteiger partial charge on any atom is 0.422 e. The Morgan fingerprint density at radius 1 is 1.15 bits per heavy atom. The van der Waals surface area contributed by atoms with Gasteiger partial charge in [0.15, 0.2) is 18.1 Å². The summed E-state index contributed by atoms with van der Waals surface area (Å²) in [6.07, 6.45) is -1.97. The van der Waals surface area contributed by atoms with Crippen LogP contribution in [0, 0.1) is 13.8 Å². The Morgan fingerprint density at radius 3 is 2.47 bits per heavy atom. The number of methoxy groups -OCH3 is 1. The average Bonchev–Trinajstić information content (AvgIpc) is 2.79. The lowest BCUT2D eigenvalue weighted by atomic mass is 10.0. The van der Waals surface area contributed by atoms with Gasteiger partial charge in [-0.15, -0.1) is 0 Å². The van der Waals surface area contributed by atoms with Crippen molar-refractivity contribution in [2.45, 2.75) is 51.7 Å². The van der Waals surface area contributed by atoms with Gasteiger partial charge in [0.2, 0.25) is 5.91 Å². The van der Waals surface area contributed by atoms with Gasteiger partial charge < -0.3 is 19.3 Å². The molecule has 0 N–H and O–H groups in total. The van der Waals surface area contributed by atoms with E-state index in [1.807, 2.05) is 31.9 Å². The number of carbonyl (C=O) groups excluding carboxylic acids is 1. The summed E-state index contributed by atoms with van der Waals surface area (Å²) < 4.78 is 47.2. The van der Waals surface area contributed by atoms with Crippen molar-refractivity contribution in [3.05, 3.63) is 41.3 Å². The van der Waals surface area contributed by atoms with E-state index in [-0.39, 0.29) is 23.4 Å². The van der Waals surface area contributed by atoms with E-state index in [0.717, 1.165) is 48.8 Å². The van der Waals surface area contributed by atoms with E-state index in [2.05, 4.69) is 14.9 Å². The number of rotatable bonds is 8. The molecule has 1 saturated heterocycles. The molecule has 0 saturated carbocycles. The Morgan fingerprint density at radius 2 is 1.85 bits per heavy atom. The molecule has 0 bridgehead atoms. The molecule has 1 aliphatic rings. The minimum atomic E-state index is -4.43. The van der Waals surface area contributed by atoms with Gasteiger partial charge in [0.1, 0.15) is 11.6 Å². The highest BCUT2D eigenvalue weighted by Gasteiger charge is 2.29. The number of hydrogen-bond donors (Lipinski definition) is 0. The second-order valence-corrected chi connectivity index (χ2v) is 8.53. The summed E-state index contributed by atoms with van der Waals surface area (Å²) in [5, 5.41) is 0. The second-order valence-electron chi connectivity index (χ2n) is 8.53. The number of carbonyl (C=O) groups is 1. The molecule has 2 aromatic rings. The Balaban J connectivity index is 1.51. The van der Waals surface area contributed by atoms with Crippen molar-refractivity contribution in [3.63, 3.8) is 0 Å². The predicted molar refractivity (Wildman–Crippen MR) is 122 cm³/mol. The van der Waals surface area contributed by atoms with Crippen molar-refractivity contribution in [3.8, 4) is 11.5 Å². The molecule has 0 atom stereocenters. The van der Waals surface area contributed by atoms with Gasteiger partial charge >= 0.3 is 6.18 Å². The van der Waals surface area contributed by atoms with Crippen molar-refractivity contribution in [1.82, 2.24) is 14.9 Å². The highest BCUT2D eigenvalue weighted by Crippen LogP contribution is 2.30. The minimum absolute atomic E-state index is 0.0212. The van der Waals surface area contributed by atoms with Crippen molar-refractivity contribution >= 4 is 11.7 Å². The standard InChI is InChI=1S/C24H31F3N4O3/c1-16-13-22(29-17(2)28-16)31-11-9-19(10-12-31)30(3)23(32)8-6-18-5-7-20(21(14-18)33-4)34-15-24(25,26)27/h5,7,13-14,19H,6,8-12,15H2,1-4H3. The van der Waals surface area contributed by atoms with E-state index in [0.29, 0.717) is 12.8 Å². The van der Waals surface area contributed by atoms with E-state index < -0.39 is 12.8 Å². The molecule has 0 aliphatic carbocycles. The van der Waals surface area contributed by atoms with E-state index >= 15 is 0 Å². The summed E-state index contributed by atoms with van der Waals surface area (Å²) in [6.45, 7) is 4.08. The Kier molecular flexibility index (Phi) is 8.22. The van der Waals surface area contributed by atoms with Gasteiger partial charge in [0.05, 0.1) is 7.11 Å². The number of aromatic nitrogens is 2. The van der Waals surface area contributed by atoms with Crippen LogP contribution in [0.15, 0.2) is 24.3 Å². The zero-order valence-corrected chi connectivity index (χ0v) is 20.0. The number of alkyl halides is 3. The number of benzene rings is 1. The lowest BCUT2D eigenvalue weighted by Crippen LogP contribution is -2.46. The quantitative estimate of drug-likeness (QED) is 0.567. The fourth-order valence-corrected chi connectivity index (χ4v) is 4.12. The molecule has 1 aliphatic heterocycles. The van der Waals surface area contributed by atoms with E-state index in [9.17, 15) is 18.0 Å². The third kappa shape index (κ3) is 6.98. The first kappa shape index (κ1) is 25.6. The Labute approximate surface area is 197 Å². The summed E-state index contributed by atoms with van der Waals surface area (Å²) >= 11 is 0. The lowest BCUT2D eigenvalue weighted by Gasteiger charge is -2.37. The van der Waals surface area contributed by atoms with E-state index in [4.69, 9.17) is 9.47 Å². The van der Waals surface area contributed by atoms with Crippen molar-refractivity contribution in [2.75, 3.05) is 38.8 Å². The number of halogens is 3. The third-order valence-corrected chi connectivity index (χ3v) is 5.93. The second kappa shape index (κ2) is 10.9. The molecule has 1 aromatic heterocycles. The number of aryl methyl sites for hydroxylation is 3. The van der Waals surface area contributed by atoms with E-state index in [1.165, 1.54) is 13.2 Å². The molecule has 0 spiro atoms. The van der Waals surface area contributed by atoms with Crippen LogP contribution < -0.4 is 14.4 Å². The van der Waals surface area contributed by atoms with Gasteiger partial charge in [-0.3, -0.25) is 4.79 Å². The Bertz CT molecular complexity index is 972. The van der Waals surface area contributed by atoms with Crippen LogP contribution in [-0.4, -0.2) is 66.8 Å². The largest absolute Gasteiger partial charge is 0.493 e. The molecule has 34 heavy (non-hydrogen) atoms. The van der Waals surface area contributed by atoms with Gasteiger partial charge in [-0.05, 0) is 50.8 Å². The number of anilines is 1. The Hall–Kier alpha value is -3.04. The van der Waals surface area contributed by atoms with Crippen LogP contribution in [0.1, 0.15) is 36.3 Å². The molecule has 1 fully saturated rings. The van der Waals surface area contributed by atoms with Crippen LogP contribution in [0.4, 0.5) is 19.0 Å². The fraction of sp³-hybridized carbons (Fsp3) is 0.542. The average molecular weight is 481 g/mol. The van der Waals surface area contributed by atoms with Crippen LogP contribution >= 0.6 is 0 Å².